The van der Waals surface area contributed by atoms with Gasteiger partial charge in [0.25, 0.3) is 0 Å². The fraction of sp³-hybridized carbons (Fsp3) is 0.455. The van der Waals surface area contributed by atoms with Crippen LogP contribution in [0.3, 0.4) is 0 Å². The van der Waals surface area contributed by atoms with Crippen molar-refractivity contribution in [2.75, 3.05) is 18.9 Å². The summed E-state index contributed by atoms with van der Waals surface area (Å²) in [7, 11) is 0. The second-order valence-electron chi connectivity index (χ2n) is 3.38. The van der Waals surface area contributed by atoms with Gasteiger partial charge in [-0.25, -0.2) is 0 Å². The van der Waals surface area contributed by atoms with E-state index in [9.17, 15) is 0 Å². The van der Waals surface area contributed by atoms with Crippen LogP contribution < -0.4 is 5.73 Å². The van der Waals surface area contributed by atoms with Crippen molar-refractivity contribution in [3.05, 3.63) is 28.8 Å². The number of anilines is 1. The van der Waals surface area contributed by atoms with E-state index in [1.54, 1.807) is 0 Å². The van der Waals surface area contributed by atoms with Gasteiger partial charge in [-0.3, -0.25) is 0 Å². The van der Waals surface area contributed by atoms with E-state index in [1.807, 2.05) is 19.1 Å². The Morgan fingerprint density at radius 2 is 1.64 bits per heavy atom. The molecule has 3 heteroatoms. The quantitative estimate of drug-likeness (QED) is 0.618. The molecule has 4 N–H and O–H groups in total. The zero-order chi connectivity index (χ0) is 10.6. The van der Waals surface area contributed by atoms with E-state index in [2.05, 4.69) is 0 Å². The van der Waals surface area contributed by atoms with Gasteiger partial charge in [-0.05, 0) is 42.5 Å². The van der Waals surface area contributed by atoms with E-state index < -0.39 is 0 Å². The van der Waals surface area contributed by atoms with E-state index in [0.29, 0.717) is 18.5 Å². The summed E-state index contributed by atoms with van der Waals surface area (Å²) >= 11 is 0. The van der Waals surface area contributed by atoms with Crippen LogP contribution in [0.5, 0.6) is 0 Å². The maximum atomic E-state index is 8.92. The highest BCUT2D eigenvalue weighted by Gasteiger charge is 2.08. The summed E-state index contributed by atoms with van der Waals surface area (Å²) in [5.41, 5.74) is 9.68. The number of nitrogens with two attached hydrogens (primary N) is 1. The zero-order valence-electron chi connectivity index (χ0n) is 8.45. The Bertz CT molecular complexity index is 279. The molecule has 1 aromatic rings. The smallest absolute Gasteiger partial charge is 0.0472 e. The molecule has 0 aliphatic carbocycles. The zero-order valence-corrected chi connectivity index (χ0v) is 8.45. The standard InChI is InChI=1S/C11H17NO2/c1-8-2-3-11(12)10(5-7-14)9(8)4-6-13/h2-3,13-14H,4-7,12H2,1H3. The molecule has 0 heterocycles. The molecule has 0 aromatic heterocycles. The number of hydrogen-bond acceptors (Lipinski definition) is 3. The van der Waals surface area contributed by atoms with Crippen LogP contribution >= 0.6 is 0 Å². The number of benzene rings is 1. The van der Waals surface area contributed by atoms with Crippen LogP contribution in [-0.2, 0) is 12.8 Å². The molecule has 0 saturated heterocycles. The molecule has 78 valence electrons. The highest BCUT2D eigenvalue weighted by atomic mass is 16.3. The maximum Gasteiger partial charge on any atom is 0.0472 e. The third-order valence-electron chi connectivity index (χ3n) is 2.43. The number of aliphatic hydroxyl groups is 2. The van der Waals surface area contributed by atoms with E-state index in [4.69, 9.17) is 15.9 Å². The predicted molar refractivity (Wildman–Crippen MR) is 57.2 cm³/mol. The lowest BCUT2D eigenvalue weighted by molar-refractivity contribution is 0.293. The van der Waals surface area contributed by atoms with Crippen LogP contribution in [0.15, 0.2) is 12.1 Å². The van der Waals surface area contributed by atoms with E-state index in [0.717, 1.165) is 16.7 Å². The van der Waals surface area contributed by atoms with Crippen molar-refractivity contribution in [3.8, 4) is 0 Å². The third kappa shape index (κ3) is 2.25. The summed E-state index contributed by atoms with van der Waals surface area (Å²) in [6.45, 7) is 2.19. The monoisotopic (exact) mass is 195 g/mol. The Morgan fingerprint density at radius 3 is 2.21 bits per heavy atom. The molecule has 3 nitrogen and oxygen atoms in total. The SMILES string of the molecule is Cc1ccc(N)c(CCO)c1CCO. The molecule has 0 saturated carbocycles. The van der Waals surface area contributed by atoms with Crippen molar-refractivity contribution in [2.24, 2.45) is 0 Å². The molecule has 0 bridgehead atoms. The van der Waals surface area contributed by atoms with Crippen molar-refractivity contribution < 1.29 is 10.2 Å². The Balaban J connectivity index is 3.12. The summed E-state index contributed by atoms with van der Waals surface area (Å²) in [6.07, 6.45) is 1.16. The van der Waals surface area contributed by atoms with Crippen LogP contribution in [0.25, 0.3) is 0 Å². The van der Waals surface area contributed by atoms with Crippen molar-refractivity contribution in [3.63, 3.8) is 0 Å². The summed E-state index contributed by atoms with van der Waals surface area (Å²) in [4.78, 5) is 0. The van der Waals surface area contributed by atoms with Gasteiger partial charge in [-0.2, -0.15) is 0 Å². The highest BCUT2D eigenvalue weighted by molar-refractivity contribution is 5.54. The van der Waals surface area contributed by atoms with Crippen molar-refractivity contribution in [1.29, 1.82) is 0 Å². The first-order valence-electron chi connectivity index (χ1n) is 4.79. The molecular weight excluding hydrogens is 178 g/mol. The molecule has 0 atom stereocenters. The molecule has 0 aliphatic rings. The second kappa shape index (κ2) is 4.98. The van der Waals surface area contributed by atoms with Gasteiger partial charge < -0.3 is 15.9 Å². The lowest BCUT2D eigenvalue weighted by Crippen LogP contribution is -2.06. The van der Waals surface area contributed by atoms with Gasteiger partial charge in [0.2, 0.25) is 0 Å². The molecule has 0 unspecified atom stereocenters. The fourth-order valence-corrected chi connectivity index (χ4v) is 1.70. The van der Waals surface area contributed by atoms with Gasteiger partial charge in [0.15, 0.2) is 0 Å². The molecule has 0 aliphatic heterocycles. The average Bonchev–Trinajstić information content (AvgIpc) is 2.17. The minimum absolute atomic E-state index is 0.0894. The fourth-order valence-electron chi connectivity index (χ4n) is 1.70. The first-order chi connectivity index (χ1) is 6.70. The van der Waals surface area contributed by atoms with Gasteiger partial charge in [-0.15, -0.1) is 0 Å². The van der Waals surface area contributed by atoms with Crippen LogP contribution in [0.1, 0.15) is 16.7 Å². The van der Waals surface area contributed by atoms with Crippen LogP contribution in [0, 0.1) is 6.92 Å². The number of aryl methyl sites for hydroxylation is 1. The van der Waals surface area contributed by atoms with Crippen LogP contribution in [0.2, 0.25) is 0 Å². The third-order valence-corrected chi connectivity index (χ3v) is 2.43. The largest absolute Gasteiger partial charge is 0.398 e. The Morgan fingerprint density at radius 1 is 1.07 bits per heavy atom. The molecule has 14 heavy (non-hydrogen) atoms. The predicted octanol–water partition coefficient (Wildman–Crippen LogP) is 0.647. The lowest BCUT2D eigenvalue weighted by Gasteiger charge is -2.13. The lowest BCUT2D eigenvalue weighted by atomic mass is 9.96. The van der Waals surface area contributed by atoms with Gasteiger partial charge in [0.05, 0.1) is 0 Å². The number of nitrogen functional groups attached to an aromatic ring is 1. The van der Waals surface area contributed by atoms with Crippen LogP contribution in [-0.4, -0.2) is 23.4 Å². The first-order valence-corrected chi connectivity index (χ1v) is 4.79. The molecule has 0 amide bonds. The summed E-state index contributed by atoms with van der Waals surface area (Å²) in [5.74, 6) is 0. The summed E-state index contributed by atoms with van der Waals surface area (Å²) in [6, 6.07) is 3.79. The van der Waals surface area contributed by atoms with E-state index in [1.165, 1.54) is 0 Å². The molecule has 0 fully saturated rings. The average molecular weight is 195 g/mol. The van der Waals surface area contributed by atoms with Crippen molar-refractivity contribution >= 4 is 5.69 Å². The summed E-state index contributed by atoms with van der Waals surface area (Å²) < 4.78 is 0. The minimum Gasteiger partial charge on any atom is -0.398 e. The molecule has 0 spiro atoms. The molecule has 1 rings (SSSR count). The highest BCUT2D eigenvalue weighted by Crippen LogP contribution is 2.21. The van der Waals surface area contributed by atoms with Crippen molar-refractivity contribution in [2.45, 2.75) is 19.8 Å². The summed E-state index contributed by atoms with van der Waals surface area (Å²) in [5, 5.41) is 17.8. The van der Waals surface area contributed by atoms with E-state index >= 15 is 0 Å². The molecule has 1 aromatic carbocycles. The topological polar surface area (TPSA) is 66.5 Å². The Hall–Kier alpha value is -1.06. The van der Waals surface area contributed by atoms with E-state index in [-0.39, 0.29) is 13.2 Å². The number of hydrogen-bond donors (Lipinski definition) is 3. The van der Waals surface area contributed by atoms with Gasteiger partial charge in [-0.1, -0.05) is 6.07 Å². The Labute approximate surface area is 84.2 Å². The first kappa shape index (κ1) is 11.0. The maximum absolute atomic E-state index is 8.92. The van der Waals surface area contributed by atoms with Gasteiger partial charge in [0, 0.05) is 18.9 Å². The van der Waals surface area contributed by atoms with Gasteiger partial charge in [0.1, 0.15) is 0 Å². The van der Waals surface area contributed by atoms with Crippen LogP contribution in [0.4, 0.5) is 5.69 Å². The molecule has 0 radical (unpaired) electrons. The van der Waals surface area contributed by atoms with Gasteiger partial charge >= 0.3 is 0 Å². The van der Waals surface area contributed by atoms with Crippen molar-refractivity contribution in [1.82, 2.24) is 0 Å². The molecular formula is C11H17NO2. The minimum atomic E-state index is 0.0894. The second-order valence-corrected chi connectivity index (χ2v) is 3.38. The number of rotatable bonds is 4. The number of aliphatic hydroxyl groups excluding tert-OH is 2. The Kier molecular flexibility index (Phi) is 3.92. The normalized spacial score (nSPS) is 10.5.